The van der Waals surface area contributed by atoms with E-state index in [2.05, 4.69) is 169 Å². The molecule has 0 radical (unpaired) electrons. The fraction of sp³-hybridized carbons (Fsp3) is 0.279. The smallest absolute Gasteiger partial charge is 0.475 e. The van der Waals surface area contributed by atoms with Crippen molar-refractivity contribution in [1.82, 2.24) is 29.6 Å². The molecule has 0 unspecified atom stereocenters. The van der Waals surface area contributed by atoms with Gasteiger partial charge in [0.25, 0.3) is 0 Å². The van der Waals surface area contributed by atoms with Crippen molar-refractivity contribution < 1.29 is 46.8 Å². The summed E-state index contributed by atoms with van der Waals surface area (Å²) in [5, 5.41) is 7.99. The van der Waals surface area contributed by atoms with E-state index in [1.54, 1.807) is 55.4 Å². The van der Waals surface area contributed by atoms with Crippen LogP contribution in [0.3, 0.4) is 0 Å². The number of piperidine rings is 1. The SMILES string of the molecule is C=C=C=C=C=C=C=C=C=C=C=C(C)OCCOP(=O)(OCCOC(C)=C=C=C=C=C=C=C=C=C=C=C)OCC(=O)CCc1ncc(-c2ccc3c(c2)c(C(C)=O)nn3CC(=O)N2C[C@H]3C[C@H]3[C@H]2C(=O)Nc2nc(Br)ccc2C)cn1. The fourth-order valence-electron chi connectivity index (χ4n) is 7.52. The highest BCUT2D eigenvalue weighted by molar-refractivity contribution is 9.10. The van der Waals surface area contributed by atoms with E-state index >= 15 is 0 Å². The van der Waals surface area contributed by atoms with Crippen LogP contribution in [0, 0.1) is 18.8 Å². The maximum Gasteiger partial charge on any atom is 0.475 e. The van der Waals surface area contributed by atoms with Gasteiger partial charge in [0.05, 0.1) is 18.7 Å². The zero-order valence-electron chi connectivity index (χ0n) is 43.8. The van der Waals surface area contributed by atoms with Crippen molar-refractivity contribution >= 4 is 63.9 Å². The van der Waals surface area contributed by atoms with Gasteiger partial charge in [-0.3, -0.25) is 37.4 Å². The molecule has 2 fully saturated rings. The van der Waals surface area contributed by atoms with Gasteiger partial charge in [-0.2, -0.15) is 5.10 Å². The number of aryl methyl sites for hydroxylation is 2. The molecule has 4 heterocycles. The molecular weight excluding hydrogens is 1100 g/mol. The molecule has 3 aromatic heterocycles. The molecule has 1 saturated carbocycles. The number of hydrogen-bond acceptors (Lipinski definition) is 14. The van der Waals surface area contributed by atoms with Crippen LogP contribution >= 0.6 is 23.8 Å². The lowest BCUT2D eigenvalue weighted by Gasteiger charge is -2.27. The molecule has 4 aromatic rings. The number of phosphoric ester groups is 1. The number of carbonyl (C=O) groups is 4. The number of nitrogens with one attached hydrogen (secondary N) is 1. The van der Waals surface area contributed by atoms with Gasteiger partial charge in [-0.25, -0.2) is 19.5 Å². The second-order valence-corrected chi connectivity index (χ2v) is 19.4. The molecule has 398 valence electrons. The minimum Gasteiger partial charge on any atom is -0.487 e. The normalized spacial score (nSPS) is 14.3. The first-order valence-electron chi connectivity index (χ1n) is 24.3. The van der Waals surface area contributed by atoms with Gasteiger partial charge in [-0.05, 0) is 187 Å². The number of hydrogen-bond donors (Lipinski definition) is 1. The molecule has 1 aliphatic heterocycles. The summed E-state index contributed by atoms with van der Waals surface area (Å²) in [5.41, 5.74) is 53.1. The Kier molecular flexibility index (Phi) is 22.7. The summed E-state index contributed by atoms with van der Waals surface area (Å²) in [6, 6.07) is 8.32. The standard InChI is InChI=1S/C61H47BrN7O10P/c1-7-9-11-13-15-17-19-21-23-25-45(4)75-33-35-77-80(74,78-36-34-76-46(5)26-24-22-20-18-16-14-12-10-8-2)79-43-51(71)29-32-56-63-39-50(40-64-56)48-28-30-54-53(37-48)58(47(6)70)67-69(54)42-57(72)68-41-49-38-52(49)59(68)61(73)66-60-44(3)27-31-55(62)65-60/h27-28,30-31,37,39-40,49,52,59H,1-2,29,32-36,38,41-43H2,3-6H3,(H,65,66,73)/t49-,52-,59+/m1/s1. The van der Waals surface area contributed by atoms with Crippen LogP contribution in [0.4, 0.5) is 5.82 Å². The van der Waals surface area contributed by atoms with E-state index in [0.717, 1.165) is 12.0 Å². The summed E-state index contributed by atoms with van der Waals surface area (Å²) in [6.07, 6.45) is 4.07. The van der Waals surface area contributed by atoms with Gasteiger partial charge in [0.1, 0.15) is 65.9 Å². The van der Waals surface area contributed by atoms with Crippen LogP contribution in [-0.2, 0) is 55.0 Å². The predicted octanol–water partition coefficient (Wildman–Crippen LogP) is 9.51. The largest absolute Gasteiger partial charge is 0.487 e. The van der Waals surface area contributed by atoms with Gasteiger partial charge in [0.15, 0.2) is 11.6 Å². The molecule has 1 aliphatic carbocycles. The Balaban J connectivity index is 1.07. The van der Waals surface area contributed by atoms with E-state index in [1.807, 2.05) is 13.0 Å². The number of aromatic nitrogens is 5. The van der Waals surface area contributed by atoms with E-state index in [4.69, 9.17) is 23.0 Å². The number of fused-ring (bicyclic) bond motifs is 2. The van der Waals surface area contributed by atoms with Crippen LogP contribution in [0.1, 0.15) is 55.5 Å². The monoisotopic (exact) mass is 1150 g/mol. The van der Waals surface area contributed by atoms with Gasteiger partial charge in [-0.15, -0.1) is 0 Å². The van der Waals surface area contributed by atoms with Crippen molar-refractivity contribution in [2.24, 2.45) is 11.8 Å². The molecule has 2 aliphatic rings. The van der Waals surface area contributed by atoms with Gasteiger partial charge >= 0.3 is 7.82 Å². The Bertz CT molecular complexity index is 3910. The summed E-state index contributed by atoms with van der Waals surface area (Å²) in [4.78, 5) is 68.5. The van der Waals surface area contributed by atoms with Crippen molar-refractivity contribution in [2.45, 2.75) is 59.5 Å². The molecule has 19 heteroatoms. The molecule has 6 rings (SSSR count). The highest BCUT2D eigenvalue weighted by Gasteiger charge is 2.57. The number of amides is 2. The number of ketones is 2. The predicted molar refractivity (Wildman–Crippen MR) is 294 cm³/mol. The van der Waals surface area contributed by atoms with E-state index in [0.29, 0.717) is 44.8 Å². The number of nitrogens with zero attached hydrogens (tertiary/aromatic N) is 6. The maximum absolute atomic E-state index is 13.9. The zero-order chi connectivity index (χ0) is 57.3. The highest BCUT2D eigenvalue weighted by atomic mass is 79.9. The minimum absolute atomic E-state index is 0.0564. The van der Waals surface area contributed by atoms with Crippen LogP contribution in [0.5, 0.6) is 0 Å². The van der Waals surface area contributed by atoms with E-state index in [-0.39, 0.29) is 92.5 Å². The molecule has 2 amide bonds. The number of phosphoric acid groups is 1. The number of pyridine rings is 1. The molecule has 1 aromatic carbocycles. The molecule has 17 nitrogen and oxygen atoms in total. The number of rotatable bonds is 22. The lowest BCUT2D eigenvalue weighted by molar-refractivity contribution is -0.138. The molecule has 0 bridgehead atoms. The van der Waals surface area contributed by atoms with Gasteiger partial charge < -0.3 is 19.7 Å². The summed E-state index contributed by atoms with van der Waals surface area (Å²) in [5.74, 6) is 0.294. The topological polar surface area (TPSA) is 203 Å². The van der Waals surface area contributed by atoms with Crippen molar-refractivity contribution in [3.63, 3.8) is 0 Å². The summed E-state index contributed by atoms with van der Waals surface area (Å²) in [6.45, 7) is 12.0. The van der Waals surface area contributed by atoms with Gasteiger partial charge in [0, 0.05) is 63.5 Å². The Morgan fingerprint density at radius 1 is 0.750 bits per heavy atom. The van der Waals surface area contributed by atoms with Gasteiger partial charge in [-0.1, -0.05) is 23.6 Å². The number of carbonyl (C=O) groups excluding carboxylic acids is 4. The van der Waals surface area contributed by atoms with Gasteiger partial charge in [0.2, 0.25) is 11.8 Å². The van der Waals surface area contributed by atoms with Crippen molar-refractivity contribution in [2.75, 3.05) is 44.9 Å². The van der Waals surface area contributed by atoms with Crippen LogP contribution < -0.4 is 5.32 Å². The van der Waals surface area contributed by atoms with E-state index in [1.165, 1.54) is 11.6 Å². The Morgan fingerprint density at radius 2 is 1.32 bits per heavy atom. The number of halogens is 1. The Labute approximate surface area is 469 Å². The lowest BCUT2D eigenvalue weighted by atomic mass is 10.0. The van der Waals surface area contributed by atoms with E-state index in [9.17, 15) is 23.7 Å². The number of allylic oxidation sites excluding steroid dienone is 2. The van der Waals surface area contributed by atoms with Crippen LogP contribution in [0.2, 0.25) is 0 Å². The zero-order valence-corrected chi connectivity index (χ0v) is 46.3. The molecule has 1 saturated heterocycles. The Morgan fingerprint density at radius 3 is 1.90 bits per heavy atom. The second-order valence-electron chi connectivity index (χ2n) is 17.0. The number of Topliss-reactive ketones (excluding diaryl/α,β-unsaturated/α-hetero) is 2. The first-order chi connectivity index (χ1) is 38.7. The maximum atomic E-state index is 13.9. The van der Waals surface area contributed by atoms with E-state index < -0.39 is 26.3 Å². The molecule has 3 atom stereocenters. The highest BCUT2D eigenvalue weighted by Crippen LogP contribution is 2.50. The number of likely N-dealkylation sites (tertiary alicyclic amines) is 1. The molecular formula is C61H47BrN7O10P. The third-order valence-corrected chi connectivity index (χ3v) is 13.2. The molecule has 0 spiro atoms. The second kappa shape index (κ2) is 30.4. The summed E-state index contributed by atoms with van der Waals surface area (Å²) < 4.78 is 43.3. The number of ether oxygens (including phenoxy) is 2. The lowest BCUT2D eigenvalue weighted by Crippen LogP contribution is -2.47. The first kappa shape index (κ1) is 59.7. The van der Waals surface area contributed by atoms with Crippen LogP contribution in [0.25, 0.3) is 22.0 Å². The Hall–Kier alpha value is -9.53. The van der Waals surface area contributed by atoms with Crippen LogP contribution in [-0.4, -0.2) is 98.6 Å². The summed E-state index contributed by atoms with van der Waals surface area (Å²) in [7, 11) is -4.36. The minimum atomic E-state index is -4.36. The quantitative estimate of drug-likeness (QED) is 0.0195. The van der Waals surface area contributed by atoms with Crippen molar-refractivity contribution in [1.29, 1.82) is 0 Å². The van der Waals surface area contributed by atoms with Crippen molar-refractivity contribution in [3.8, 4) is 11.1 Å². The summed E-state index contributed by atoms with van der Waals surface area (Å²) >= 11 is 3.35. The molecule has 80 heavy (non-hydrogen) atoms. The third-order valence-electron chi connectivity index (χ3n) is 11.3. The molecule has 1 N–H and O–H groups in total. The van der Waals surface area contributed by atoms with Crippen molar-refractivity contribution in [3.05, 3.63) is 204 Å². The number of benzene rings is 1. The number of anilines is 1. The van der Waals surface area contributed by atoms with Crippen LogP contribution in [0.15, 0.2) is 187 Å². The average molecular weight is 1150 g/mol. The average Bonchev–Trinajstić information content (AvgIpc) is 4.10. The first-order valence-corrected chi connectivity index (χ1v) is 26.5. The fourth-order valence-corrected chi connectivity index (χ4v) is 8.95. The third kappa shape index (κ3) is 18.6.